The van der Waals surface area contributed by atoms with Crippen LogP contribution in [-0.4, -0.2) is 27.3 Å². The lowest BCUT2D eigenvalue weighted by molar-refractivity contribution is -0.148. The Kier molecular flexibility index (Phi) is 5.33. The number of nitrogens with zero attached hydrogens (tertiary/aromatic N) is 2. The first-order valence-corrected chi connectivity index (χ1v) is 8.70. The van der Waals surface area contributed by atoms with Gasteiger partial charge in [-0.2, -0.15) is 0 Å². The maximum Gasteiger partial charge on any atom is 0.237 e. The molecule has 7 heteroatoms. The van der Waals surface area contributed by atoms with Crippen molar-refractivity contribution in [2.75, 3.05) is 0 Å². The summed E-state index contributed by atoms with van der Waals surface area (Å²) in [5.74, 6) is -0.529. The molecule has 1 aliphatic heterocycles. The molecule has 2 aromatic heterocycles. The van der Waals surface area contributed by atoms with E-state index in [1.807, 2.05) is 24.3 Å². The van der Waals surface area contributed by atoms with Crippen molar-refractivity contribution < 1.29 is 9.59 Å². The molecule has 3 heterocycles. The zero-order chi connectivity index (χ0) is 17.7. The number of aryl methyl sites for hydroxylation is 2. The van der Waals surface area contributed by atoms with Crippen molar-refractivity contribution in [2.45, 2.75) is 31.2 Å². The van der Waals surface area contributed by atoms with Crippen LogP contribution in [0.2, 0.25) is 0 Å². The average Bonchev–Trinajstić information content (AvgIpc) is 2.62. The summed E-state index contributed by atoms with van der Waals surface area (Å²) in [7, 11) is 0. The van der Waals surface area contributed by atoms with Gasteiger partial charge in [-0.15, -0.1) is 12.6 Å². The highest BCUT2D eigenvalue weighted by atomic mass is 32.1. The Morgan fingerprint density at radius 3 is 1.64 bits per heavy atom. The molecule has 0 spiro atoms. The van der Waals surface area contributed by atoms with Crippen LogP contribution in [-0.2, 0) is 22.4 Å². The molecule has 0 saturated carbocycles. The van der Waals surface area contributed by atoms with Gasteiger partial charge in [0.15, 0.2) is 0 Å². The zero-order valence-electron chi connectivity index (χ0n) is 13.7. The minimum Gasteiger partial charge on any atom is -0.327 e. The van der Waals surface area contributed by atoms with Gasteiger partial charge in [0.1, 0.15) is 10.9 Å². The molecule has 25 heavy (non-hydrogen) atoms. The summed E-state index contributed by atoms with van der Waals surface area (Å²) < 4.78 is 0. The van der Waals surface area contributed by atoms with E-state index in [1.54, 1.807) is 24.8 Å². The molecule has 0 unspecified atom stereocenters. The van der Waals surface area contributed by atoms with E-state index in [0.717, 1.165) is 11.1 Å². The first-order chi connectivity index (χ1) is 12.1. The molecule has 1 fully saturated rings. The number of carbonyl (C=O) groups excluding carboxylic acids is 2. The fraction of sp³-hybridized carbons (Fsp3) is 0.333. The lowest BCUT2D eigenvalue weighted by Crippen LogP contribution is -2.63. The summed E-state index contributed by atoms with van der Waals surface area (Å²) in [4.78, 5) is 33.5. The minimum atomic E-state index is -1.11. The number of pyridine rings is 2. The van der Waals surface area contributed by atoms with Crippen LogP contribution >= 0.6 is 12.6 Å². The molecule has 2 N–H and O–H groups in total. The Hall–Kier alpha value is -2.41. The second-order valence-corrected chi connectivity index (χ2v) is 6.66. The second kappa shape index (κ2) is 7.65. The molecular formula is C18H20N4O2S. The first-order valence-electron chi connectivity index (χ1n) is 8.18. The van der Waals surface area contributed by atoms with Gasteiger partial charge in [-0.25, -0.2) is 0 Å². The summed E-state index contributed by atoms with van der Waals surface area (Å²) in [5.41, 5.74) is 0.347. The van der Waals surface area contributed by atoms with E-state index in [0.29, 0.717) is 25.7 Å². The van der Waals surface area contributed by atoms with Crippen molar-refractivity contribution in [1.29, 1.82) is 0 Å². The number of hydrogen-bond acceptors (Lipinski definition) is 5. The highest BCUT2D eigenvalue weighted by molar-refractivity contribution is 7.80. The molecule has 2 aromatic rings. The maximum atomic E-state index is 12.7. The lowest BCUT2D eigenvalue weighted by atomic mass is 9.75. The normalized spacial score (nSPS) is 17.0. The van der Waals surface area contributed by atoms with Crippen molar-refractivity contribution in [2.24, 2.45) is 5.41 Å². The number of carbonyl (C=O) groups is 2. The number of thiol groups is 1. The third kappa shape index (κ3) is 3.99. The fourth-order valence-electron chi connectivity index (χ4n) is 3.06. The first kappa shape index (κ1) is 17.4. The molecule has 0 atom stereocenters. The van der Waals surface area contributed by atoms with E-state index in [2.05, 4.69) is 33.2 Å². The molecule has 6 nitrogen and oxygen atoms in total. The Morgan fingerprint density at radius 2 is 1.24 bits per heavy atom. The predicted octanol–water partition coefficient (Wildman–Crippen LogP) is 1.49. The van der Waals surface area contributed by atoms with E-state index in [4.69, 9.17) is 0 Å². The number of aromatic nitrogens is 2. The van der Waals surface area contributed by atoms with Gasteiger partial charge in [-0.1, -0.05) is 0 Å². The molecule has 3 rings (SSSR count). The molecule has 0 aliphatic carbocycles. The van der Waals surface area contributed by atoms with Crippen LogP contribution in [0.4, 0.5) is 0 Å². The molecular weight excluding hydrogens is 336 g/mol. The smallest absolute Gasteiger partial charge is 0.237 e. The highest BCUT2D eigenvalue weighted by Crippen LogP contribution is 2.33. The lowest BCUT2D eigenvalue weighted by Gasteiger charge is -2.37. The van der Waals surface area contributed by atoms with E-state index in [-0.39, 0.29) is 11.8 Å². The number of nitrogens with one attached hydrogen (secondary N) is 2. The van der Waals surface area contributed by atoms with Gasteiger partial charge in [0, 0.05) is 24.8 Å². The van der Waals surface area contributed by atoms with Crippen molar-refractivity contribution in [1.82, 2.24) is 20.6 Å². The van der Waals surface area contributed by atoms with E-state index in [1.165, 1.54) is 0 Å². The van der Waals surface area contributed by atoms with Gasteiger partial charge in [-0.05, 0) is 61.1 Å². The largest absolute Gasteiger partial charge is 0.327 e. The van der Waals surface area contributed by atoms with Crippen LogP contribution in [0.1, 0.15) is 24.0 Å². The van der Waals surface area contributed by atoms with Crippen LogP contribution in [0.15, 0.2) is 49.1 Å². The number of amides is 2. The third-order valence-corrected chi connectivity index (χ3v) is 4.84. The van der Waals surface area contributed by atoms with Crippen LogP contribution in [0.5, 0.6) is 0 Å². The summed E-state index contributed by atoms with van der Waals surface area (Å²) in [6.45, 7) is 0. The van der Waals surface area contributed by atoms with Crippen molar-refractivity contribution in [3.8, 4) is 0 Å². The van der Waals surface area contributed by atoms with Crippen molar-refractivity contribution >= 4 is 24.4 Å². The molecule has 0 aromatic carbocycles. The topological polar surface area (TPSA) is 84.0 Å². The standard InChI is InChI=1S/C18H20N4O2S/c23-15-18(16(24)22-17(25)21-15,7-1-13-3-9-19-10-4-13)8-2-14-5-11-20-12-6-14/h3-6,9-12,17,25H,1-2,7-8H2,(H,21,23)(H,22,24). The van der Waals surface area contributed by atoms with E-state index >= 15 is 0 Å². The van der Waals surface area contributed by atoms with E-state index < -0.39 is 10.9 Å². The Labute approximate surface area is 151 Å². The maximum absolute atomic E-state index is 12.7. The van der Waals surface area contributed by atoms with Crippen LogP contribution in [0, 0.1) is 5.41 Å². The van der Waals surface area contributed by atoms with Crippen LogP contribution < -0.4 is 10.6 Å². The van der Waals surface area contributed by atoms with Crippen molar-refractivity contribution in [3.63, 3.8) is 0 Å². The van der Waals surface area contributed by atoms with Gasteiger partial charge in [0.2, 0.25) is 11.8 Å². The Bertz CT molecular complexity index is 676. The van der Waals surface area contributed by atoms with Gasteiger partial charge in [-0.3, -0.25) is 19.6 Å². The third-order valence-electron chi connectivity index (χ3n) is 4.58. The summed E-state index contributed by atoms with van der Waals surface area (Å²) >= 11 is 4.15. The predicted molar refractivity (Wildman–Crippen MR) is 96.6 cm³/mol. The summed E-state index contributed by atoms with van der Waals surface area (Å²) in [6.07, 6.45) is 8.95. The Balaban J connectivity index is 1.80. The van der Waals surface area contributed by atoms with Gasteiger partial charge < -0.3 is 10.6 Å². The minimum absolute atomic E-state index is 0.264. The monoisotopic (exact) mass is 356 g/mol. The molecule has 0 bridgehead atoms. The van der Waals surface area contributed by atoms with Gasteiger partial charge >= 0.3 is 0 Å². The molecule has 1 saturated heterocycles. The van der Waals surface area contributed by atoms with Crippen LogP contribution in [0.3, 0.4) is 0 Å². The van der Waals surface area contributed by atoms with Crippen LogP contribution in [0.25, 0.3) is 0 Å². The second-order valence-electron chi connectivity index (χ2n) is 6.14. The summed E-state index contributed by atoms with van der Waals surface area (Å²) in [5, 5.41) is 5.48. The molecule has 2 amide bonds. The quantitative estimate of drug-likeness (QED) is 0.541. The Morgan fingerprint density at radius 1 is 0.840 bits per heavy atom. The molecule has 130 valence electrons. The zero-order valence-corrected chi connectivity index (χ0v) is 14.6. The highest BCUT2D eigenvalue weighted by Gasteiger charge is 2.48. The number of hydrogen-bond donors (Lipinski definition) is 3. The van der Waals surface area contributed by atoms with E-state index in [9.17, 15) is 9.59 Å². The van der Waals surface area contributed by atoms with Gasteiger partial charge in [0.25, 0.3) is 0 Å². The van der Waals surface area contributed by atoms with Gasteiger partial charge in [0.05, 0.1) is 0 Å². The molecule has 0 radical (unpaired) electrons. The summed E-state index contributed by atoms with van der Waals surface area (Å²) in [6, 6.07) is 7.60. The average molecular weight is 356 g/mol. The fourth-order valence-corrected chi connectivity index (χ4v) is 3.29. The SMILES string of the molecule is O=C1NC(S)NC(=O)C1(CCc1ccncc1)CCc1ccncc1. The number of rotatable bonds is 6. The molecule has 1 aliphatic rings. The van der Waals surface area contributed by atoms with Crippen molar-refractivity contribution in [3.05, 3.63) is 60.2 Å².